The predicted molar refractivity (Wildman–Crippen MR) is 130 cm³/mol. The molecular weight excluding hydrogens is 448 g/mol. The fraction of sp³-hybridized carbons (Fsp3) is 0.385. The van der Waals surface area contributed by atoms with E-state index < -0.39 is 17.8 Å². The molecule has 0 saturated heterocycles. The number of benzene rings is 2. The van der Waals surface area contributed by atoms with E-state index in [1.807, 2.05) is 0 Å². The lowest BCUT2D eigenvalue weighted by atomic mass is 9.88. The molecule has 0 aliphatic heterocycles. The normalized spacial score (nSPS) is 14.6. The highest BCUT2D eigenvalue weighted by Crippen LogP contribution is 2.37. The quantitative estimate of drug-likeness (QED) is 0.404. The van der Waals surface area contributed by atoms with Crippen LogP contribution in [0.2, 0.25) is 0 Å². The average Bonchev–Trinajstić information content (AvgIpc) is 3.54. The summed E-state index contributed by atoms with van der Waals surface area (Å²) >= 11 is 0. The third kappa shape index (κ3) is 5.29. The number of carbonyl (C=O) groups excluding carboxylic acids is 3. The standard InChI is InChI=1S/C26H30N4O5/c1-34-22-12-17(26(33)35-2)7-9-18(22)19(13-23(27)31)24-20-11-16(8-10-21(20)29-30-24)25(32)28-14-15-5-3-4-6-15/h7-12,15,19H,3-6,13-14H2,1-2H3,(H2,27,31)(H,28,32)(H,29,30). The second-order valence-corrected chi connectivity index (χ2v) is 8.90. The van der Waals surface area contributed by atoms with Gasteiger partial charge in [0.2, 0.25) is 5.91 Å². The Hall–Kier alpha value is -3.88. The van der Waals surface area contributed by atoms with Gasteiger partial charge in [-0.3, -0.25) is 14.7 Å². The first-order chi connectivity index (χ1) is 16.9. The summed E-state index contributed by atoms with van der Waals surface area (Å²) in [5.74, 6) is -0.777. The van der Waals surface area contributed by atoms with E-state index in [1.54, 1.807) is 36.4 Å². The fourth-order valence-corrected chi connectivity index (χ4v) is 4.79. The zero-order valence-corrected chi connectivity index (χ0v) is 19.9. The first-order valence-electron chi connectivity index (χ1n) is 11.7. The average molecular weight is 479 g/mol. The van der Waals surface area contributed by atoms with Crippen LogP contribution < -0.4 is 15.8 Å². The summed E-state index contributed by atoms with van der Waals surface area (Å²) in [5.41, 5.74) is 8.36. The van der Waals surface area contributed by atoms with E-state index in [-0.39, 0.29) is 12.3 Å². The monoisotopic (exact) mass is 478 g/mol. The molecular formula is C26H30N4O5. The van der Waals surface area contributed by atoms with Gasteiger partial charge in [0.25, 0.3) is 5.91 Å². The Morgan fingerprint density at radius 3 is 2.54 bits per heavy atom. The molecule has 1 aliphatic carbocycles. The van der Waals surface area contributed by atoms with Gasteiger partial charge >= 0.3 is 5.97 Å². The number of aromatic nitrogens is 2. The van der Waals surface area contributed by atoms with Crippen LogP contribution in [0.3, 0.4) is 0 Å². The third-order valence-electron chi connectivity index (χ3n) is 6.65. The molecule has 2 amide bonds. The zero-order chi connectivity index (χ0) is 24.9. The molecule has 4 rings (SSSR count). The van der Waals surface area contributed by atoms with Gasteiger partial charge in [0.05, 0.1) is 31.0 Å². The molecule has 35 heavy (non-hydrogen) atoms. The number of methoxy groups -OCH3 is 2. The highest BCUT2D eigenvalue weighted by Gasteiger charge is 2.26. The van der Waals surface area contributed by atoms with E-state index in [0.29, 0.717) is 46.0 Å². The number of fused-ring (bicyclic) bond motifs is 1. The van der Waals surface area contributed by atoms with Gasteiger partial charge < -0.3 is 20.5 Å². The Morgan fingerprint density at radius 1 is 1.11 bits per heavy atom. The SMILES string of the molecule is COC(=O)c1ccc(C(CC(N)=O)c2n[nH]c3ccc(C(=O)NCC4CCCC4)cc23)c(OC)c1. The summed E-state index contributed by atoms with van der Waals surface area (Å²) in [4.78, 5) is 36.8. The zero-order valence-electron chi connectivity index (χ0n) is 19.9. The number of aromatic amines is 1. The molecule has 3 aromatic rings. The van der Waals surface area contributed by atoms with E-state index in [4.69, 9.17) is 15.2 Å². The number of H-pyrrole nitrogens is 1. The van der Waals surface area contributed by atoms with Crippen LogP contribution in [0.15, 0.2) is 36.4 Å². The number of amides is 2. The lowest BCUT2D eigenvalue weighted by Crippen LogP contribution is -2.28. The topological polar surface area (TPSA) is 136 Å². The van der Waals surface area contributed by atoms with Gasteiger partial charge in [-0.25, -0.2) is 4.79 Å². The number of esters is 1. The van der Waals surface area contributed by atoms with Crippen molar-refractivity contribution in [3.05, 3.63) is 58.8 Å². The number of rotatable bonds is 9. The van der Waals surface area contributed by atoms with Crippen molar-refractivity contribution in [3.63, 3.8) is 0 Å². The summed E-state index contributed by atoms with van der Waals surface area (Å²) in [5, 5.41) is 11.2. The van der Waals surface area contributed by atoms with Gasteiger partial charge in [-0.15, -0.1) is 0 Å². The Kier molecular flexibility index (Phi) is 7.33. The van der Waals surface area contributed by atoms with E-state index >= 15 is 0 Å². The minimum Gasteiger partial charge on any atom is -0.496 e. The van der Waals surface area contributed by atoms with Gasteiger partial charge in [0.15, 0.2) is 0 Å². The number of primary amides is 1. The molecule has 1 unspecified atom stereocenters. The summed E-state index contributed by atoms with van der Waals surface area (Å²) in [6.45, 7) is 0.670. The maximum atomic E-state index is 12.8. The minimum atomic E-state index is -0.556. The number of ether oxygens (including phenoxy) is 2. The Bertz CT molecular complexity index is 1250. The molecule has 1 saturated carbocycles. The maximum Gasteiger partial charge on any atom is 0.337 e. The van der Waals surface area contributed by atoms with Crippen molar-refractivity contribution in [2.45, 2.75) is 38.0 Å². The van der Waals surface area contributed by atoms with Crippen LogP contribution in [-0.4, -0.2) is 48.7 Å². The van der Waals surface area contributed by atoms with Crippen molar-refractivity contribution in [1.29, 1.82) is 0 Å². The number of hydrogen-bond donors (Lipinski definition) is 3. The molecule has 9 heteroatoms. The van der Waals surface area contributed by atoms with Crippen molar-refractivity contribution < 1.29 is 23.9 Å². The number of carbonyl (C=O) groups is 3. The van der Waals surface area contributed by atoms with E-state index in [2.05, 4.69) is 15.5 Å². The fourth-order valence-electron chi connectivity index (χ4n) is 4.79. The lowest BCUT2D eigenvalue weighted by Gasteiger charge is -2.18. The van der Waals surface area contributed by atoms with Crippen LogP contribution in [-0.2, 0) is 9.53 Å². The van der Waals surface area contributed by atoms with E-state index in [0.717, 1.165) is 18.4 Å². The molecule has 1 aromatic heterocycles. The summed E-state index contributed by atoms with van der Waals surface area (Å²) in [6, 6.07) is 10.2. The van der Waals surface area contributed by atoms with Crippen molar-refractivity contribution in [2.75, 3.05) is 20.8 Å². The highest BCUT2D eigenvalue weighted by atomic mass is 16.5. The molecule has 9 nitrogen and oxygen atoms in total. The number of nitrogens with two attached hydrogens (primary N) is 1. The van der Waals surface area contributed by atoms with Gasteiger partial charge in [0, 0.05) is 35.4 Å². The first-order valence-corrected chi connectivity index (χ1v) is 11.7. The van der Waals surface area contributed by atoms with Crippen LogP contribution in [0.1, 0.15) is 70.0 Å². The van der Waals surface area contributed by atoms with Crippen LogP contribution in [0.5, 0.6) is 5.75 Å². The largest absolute Gasteiger partial charge is 0.496 e. The number of nitrogens with zero attached hydrogens (tertiary/aromatic N) is 1. The molecule has 0 spiro atoms. The molecule has 0 bridgehead atoms. The van der Waals surface area contributed by atoms with Crippen LogP contribution in [0.25, 0.3) is 10.9 Å². The number of nitrogens with one attached hydrogen (secondary N) is 2. The summed E-state index contributed by atoms with van der Waals surface area (Å²) in [6.07, 6.45) is 4.70. The minimum absolute atomic E-state index is 0.0357. The predicted octanol–water partition coefficient (Wildman–Crippen LogP) is 3.29. The summed E-state index contributed by atoms with van der Waals surface area (Å²) in [7, 11) is 2.78. The maximum absolute atomic E-state index is 12.8. The lowest BCUT2D eigenvalue weighted by molar-refractivity contribution is -0.118. The first kappa shape index (κ1) is 24.3. The molecule has 4 N–H and O–H groups in total. The van der Waals surface area contributed by atoms with Crippen molar-refractivity contribution in [1.82, 2.24) is 15.5 Å². The van der Waals surface area contributed by atoms with Crippen LogP contribution in [0.4, 0.5) is 0 Å². The Morgan fingerprint density at radius 2 is 1.86 bits per heavy atom. The van der Waals surface area contributed by atoms with Crippen LogP contribution in [0, 0.1) is 5.92 Å². The third-order valence-corrected chi connectivity index (χ3v) is 6.65. The van der Waals surface area contributed by atoms with Gasteiger partial charge in [-0.05, 0) is 49.1 Å². The van der Waals surface area contributed by atoms with E-state index in [1.165, 1.54) is 27.1 Å². The smallest absolute Gasteiger partial charge is 0.337 e. The molecule has 1 heterocycles. The molecule has 184 valence electrons. The number of hydrogen-bond acceptors (Lipinski definition) is 6. The van der Waals surface area contributed by atoms with Gasteiger partial charge in [-0.2, -0.15) is 5.10 Å². The Labute approximate surface area is 203 Å². The molecule has 2 aromatic carbocycles. The Balaban J connectivity index is 1.70. The van der Waals surface area contributed by atoms with Gasteiger partial charge in [-0.1, -0.05) is 18.9 Å². The van der Waals surface area contributed by atoms with Crippen molar-refractivity contribution >= 4 is 28.7 Å². The van der Waals surface area contributed by atoms with Crippen molar-refractivity contribution in [3.8, 4) is 5.75 Å². The van der Waals surface area contributed by atoms with Gasteiger partial charge in [0.1, 0.15) is 5.75 Å². The molecule has 0 radical (unpaired) electrons. The molecule has 1 aliphatic rings. The molecule has 1 fully saturated rings. The molecule has 1 atom stereocenters. The second-order valence-electron chi connectivity index (χ2n) is 8.90. The summed E-state index contributed by atoms with van der Waals surface area (Å²) < 4.78 is 10.3. The van der Waals surface area contributed by atoms with E-state index in [9.17, 15) is 14.4 Å². The van der Waals surface area contributed by atoms with Crippen LogP contribution >= 0.6 is 0 Å². The van der Waals surface area contributed by atoms with Crippen molar-refractivity contribution in [2.24, 2.45) is 11.7 Å². The highest BCUT2D eigenvalue weighted by molar-refractivity contribution is 5.98. The second kappa shape index (κ2) is 10.6.